The average Bonchev–Trinajstić information content (AvgIpc) is 2.87. The quantitative estimate of drug-likeness (QED) is 0.872. The van der Waals surface area contributed by atoms with Gasteiger partial charge in [-0.25, -0.2) is 0 Å². The Kier molecular flexibility index (Phi) is 5.57. The molecule has 0 radical (unpaired) electrons. The van der Waals surface area contributed by atoms with Crippen molar-refractivity contribution in [3.8, 4) is 0 Å². The number of thiophene rings is 1. The second-order valence-electron chi connectivity index (χ2n) is 5.56. The molecule has 1 amide bonds. The van der Waals surface area contributed by atoms with E-state index >= 15 is 0 Å². The van der Waals surface area contributed by atoms with Crippen LogP contribution in [0.15, 0.2) is 12.1 Å². The fourth-order valence-corrected chi connectivity index (χ4v) is 3.55. The minimum atomic E-state index is 0.110. The third-order valence-electron chi connectivity index (χ3n) is 3.91. The molecule has 1 aromatic rings. The van der Waals surface area contributed by atoms with E-state index in [-0.39, 0.29) is 5.91 Å². The van der Waals surface area contributed by atoms with Crippen LogP contribution in [0.1, 0.15) is 35.6 Å². The minimum Gasteiger partial charge on any atom is -0.358 e. The lowest BCUT2D eigenvalue weighted by Gasteiger charge is -2.33. The van der Waals surface area contributed by atoms with Crippen LogP contribution in [-0.2, 0) is 4.79 Å². The predicted molar refractivity (Wildman–Crippen MR) is 84.1 cm³/mol. The van der Waals surface area contributed by atoms with Gasteiger partial charge in [-0.05, 0) is 38.8 Å². The number of carbonyl (C=O) groups excluding carboxylic acids is 1. The van der Waals surface area contributed by atoms with Crippen molar-refractivity contribution in [2.24, 2.45) is 0 Å². The molecule has 2 heterocycles. The van der Waals surface area contributed by atoms with Crippen molar-refractivity contribution in [3.05, 3.63) is 21.9 Å². The van der Waals surface area contributed by atoms with E-state index in [4.69, 9.17) is 0 Å². The summed E-state index contributed by atoms with van der Waals surface area (Å²) in [7, 11) is 1.70. The summed E-state index contributed by atoms with van der Waals surface area (Å²) in [6.07, 6.45) is 2.23. The van der Waals surface area contributed by atoms with Gasteiger partial charge in [-0.3, -0.25) is 9.69 Å². The van der Waals surface area contributed by atoms with Gasteiger partial charge in [0.15, 0.2) is 0 Å². The Bertz CT molecular complexity index is 438. The Morgan fingerprint density at radius 1 is 1.45 bits per heavy atom. The first-order chi connectivity index (χ1) is 9.58. The van der Waals surface area contributed by atoms with Crippen molar-refractivity contribution in [1.29, 1.82) is 0 Å². The number of piperidine rings is 1. The molecule has 1 saturated heterocycles. The number of hydrogen-bond acceptors (Lipinski definition) is 4. The maximum atomic E-state index is 11.4. The second-order valence-corrected chi connectivity index (χ2v) is 6.88. The van der Waals surface area contributed by atoms with Crippen LogP contribution < -0.4 is 10.6 Å². The molecule has 0 saturated carbocycles. The Morgan fingerprint density at radius 2 is 2.15 bits per heavy atom. The van der Waals surface area contributed by atoms with Gasteiger partial charge in [-0.1, -0.05) is 0 Å². The van der Waals surface area contributed by atoms with Gasteiger partial charge in [-0.2, -0.15) is 0 Å². The highest BCUT2D eigenvalue weighted by Gasteiger charge is 2.22. The maximum absolute atomic E-state index is 11.4. The first-order valence-electron chi connectivity index (χ1n) is 7.34. The maximum Gasteiger partial charge on any atom is 0.233 e. The largest absolute Gasteiger partial charge is 0.358 e. The number of amides is 1. The first-order valence-corrected chi connectivity index (χ1v) is 8.15. The summed E-state index contributed by atoms with van der Waals surface area (Å²) in [5.41, 5.74) is 0. The third kappa shape index (κ3) is 4.30. The highest BCUT2D eigenvalue weighted by Crippen LogP contribution is 2.24. The summed E-state index contributed by atoms with van der Waals surface area (Å²) in [5.74, 6) is 0.110. The lowest BCUT2D eigenvalue weighted by molar-refractivity contribution is -0.122. The number of likely N-dealkylation sites (N-methyl/N-ethyl adjacent to an activating group) is 1. The number of rotatable bonds is 5. The smallest absolute Gasteiger partial charge is 0.233 e. The molecule has 112 valence electrons. The molecule has 0 spiro atoms. The van der Waals surface area contributed by atoms with E-state index in [1.807, 2.05) is 11.3 Å². The fourth-order valence-electron chi connectivity index (χ4n) is 2.66. The molecule has 1 fully saturated rings. The van der Waals surface area contributed by atoms with Gasteiger partial charge in [0.05, 0.1) is 6.54 Å². The van der Waals surface area contributed by atoms with E-state index in [1.54, 1.807) is 7.05 Å². The number of likely N-dealkylation sites (tertiary alicyclic amines) is 1. The van der Waals surface area contributed by atoms with E-state index in [0.717, 1.165) is 25.9 Å². The van der Waals surface area contributed by atoms with Gasteiger partial charge < -0.3 is 10.6 Å². The molecule has 1 aliphatic heterocycles. The Labute approximate surface area is 125 Å². The highest BCUT2D eigenvalue weighted by molar-refractivity contribution is 7.12. The van der Waals surface area contributed by atoms with Crippen LogP contribution in [0.4, 0.5) is 0 Å². The molecule has 4 nitrogen and oxygen atoms in total. The standard InChI is InChI=1S/C15H25N3OS/c1-11-4-5-14(20-11)12(2)17-13-6-8-18(9-7-13)10-15(19)16-3/h4-5,12-13,17H,6-10H2,1-3H3,(H,16,19). The molecule has 2 N–H and O–H groups in total. The van der Waals surface area contributed by atoms with Crippen molar-refractivity contribution in [3.63, 3.8) is 0 Å². The summed E-state index contributed by atoms with van der Waals surface area (Å²) in [5, 5.41) is 6.40. The summed E-state index contributed by atoms with van der Waals surface area (Å²) in [4.78, 5) is 16.4. The first kappa shape index (κ1) is 15.5. The molecule has 1 aromatic heterocycles. The number of hydrogen-bond donors (Lipinski definition) is 2. The van der Waals surface area contributed by atoms with Gasteiger partial charge in [0, 0.05) is 42.0 Å². The molecule has 1 unspecified atom stereocenters. The van der Waals surface area contributed by atoms with Gasteiger partial charge in [0.25, 0.3) is 0 Å². The van der Waals surface area contributed by atoms with Crippen molar-refractivity contribution in [2.75, 3.05) is 26.7 Å². The zero-order chi connectivity index (χ0) is 14.5. The third-order valence-corrected chi connectivity index (χ3v) is 5.09. The van der Waals surface area contributed by atoms with Gasteiger partial charge >= 0.3 is 0 Å². The number of carbonyl (C=O) groups is 1. The van der Waals surface area contributed by atoms with Crippen molar-refractivity contribution in [2.45, 2.75) is 38.8 Å². The molecule has 1 aliphatic rings. The minimum absolute atomic E-state index is 0.110. The molecular weight excluding hydrogens is 270 g/mol. The average molecular weight is 295 g/mol. The summed E-state index contributed by atoms with van der Waals surface area (Å²) < 4.78 is 0. The number of aryl methyl sites for hydroxylation is 1. The lowest BCUT2D eigenvalue weighted by Crippen LogP contribution is -2.46. The predicted octanol–water partition coefficient (Wildman–Crippen LogP) is 1.92. The van der Waals surface area contributed by atoms with Crippen LogP contribution in [0.5, 0.6) is 0 Å². The van der Waals surface area contributed by atoms with Crippen molar-refractivity contribution >= 4 is 17.2 Å². The Balaban J connectivity index is 1.75. The van der Waals surface area contributed by atoms with Crippen LogP contribution in [0.2, 0.25) is 0 Å². The molecule has 20 heavy (non-hydrogen) atoms. The normalized spacial score (nSPS) is 18.9. The van der Waals surface area contributed by atoms with Gasteiger partial charge in [0.2, 0.25) is 5.91 Å². The van der Waals surface area contributed by atoms with Crippen molar-refractivity contribution < 1.29 is 4.79 Å². The molecule has 0 bridgehead atoms. The van der Waals surface area contributed by atoms with Crippen LogP contribution in [-0.4, -0.2) is 43.5 Å². The van der Waals surface area contributed by atoms with E-state index in [1.165, 1.54) is 9.75 Å². The summed E-state index contributed by atoms with van der Waals surface area (Å²) >= 11 is 1.87. The Morgan fingerprint density at radius 3 is 2.70 bits per heavy atom. The molecule has 1 atom stereocenters. The Hall–Kier alpha value is -0.910. The van der Waals surface area contributed by atoms with Crippen LogP contribution >= 0.6 is 11.3 Å². The summed E-state index contributed by atoms with van der Waals surface area (Å²) in [6, 6.07) is 5.39. The van der Waals surface area contributed by atoms with E-state index in [2.05, 4.69) is 41.5 Å². The SMILES string of the molecule is CNC(=O)CN1CCC(NC(C)c2ccc(C)s2)CC1. The molecule has 2 rings (SSSR count). The molecule has 0 aliphatic carbocycles. The fraction of sp³-hybridized carbons (Fsp3) is 0.667. The number of nitrogens with one attached hydrogen (secondary N) is 2. The van der Waals surface area contributed by atoms with Crippen LogP contribution in [0.3, 0.4) is 0 Å². The summed E-state index contributed by atoms with van der Waals surface area (Å²) in [6.45, 7) is 6.92. The monoisotopic (exact) mass is 295 g/mol. The van der Waals surface area contributed by atoms with E-state index < -0.39 is 0 Å². The van der Waals surface area contributed by atoms with Crippen LogP contribution in [0.25, 0.3) is 0 Å². The molecule has 5 heteroatoms. The highest BCUT2D eigenvalue weighted by atomic mass is 32.1. The second kappa shape index (κ2) is 7.20. The number of nitrogens with zero attached hydrogens (tertiary/aromatic N) is 1. The van der Waals surface area contributed by atoms with Gasteiger partial charge in [-0.15, -0.1) is 11.3 Å². The molecular formula is C15H25N3OS. The lowest BCUT2D eigenvalue weighted by atomic mass is 10.0. The van der Waals surface area contributed by atoms with Crippen molar-refractivity contribution in [1.82, 2.24) is 15.5 Å². The zero-order valence-electron chi connectivity index (χ0n) is 12.6. The van der Waals surface area contributed by atoms with Gasteiger partial charge in [0.1, 0.15) is 0 Å². The van der Waals surface area contributed by atoms with Crippen LogP contribution in [0, 0.1) is 6.92 Å². The van der Waals surface area contributed by atoms with E-state index in [9.17, 15) is 4.79 Å². The molecule has 0 aromatic carbocycles. The topological polar surface area (TPSA) is 44.4 Å². The van der Waals surface area contributed by atoms with E-state index in [0.29, 0.717) is 18.6 Å². The zero-order valence-corrected chi connectivity index (χ0v) is 13.4.